The molecule has 12 rings (SSSR count). The number of hydrogen-bond donors (Lipinski definition) is 0. The number of fused-ring (bicyclic) bond motifs is 3. The molecule has 414 valence electrons. The number of rotatable bonds is 19. The number of benzene rings is 6. The molecule has 3 heterocycles. The van der Waals surface area contributed by atoms with Gasteiger partial charge in [0.15, 0.2) is 17.3 Å². The molecule has 0 bridgehead atoms. The number of nitriles is 2. The van der Waals surface area contributed by atoms with Crippen molar-refractivity contribution in [3.63, 3.8) is 0 Å². The number of aryl methyl sites for hydroxylation is 1. The molecule has 0 radical (unpaired) electrons. The Kier molecular flexibility index (Phi) is 16.1. The first-order valence-corrected chi connectivity index (χ1v) is 30.2. The summed E-state index contributed by atoms with van der Waals surface area (Å²) in [5, 5.41) is 25.9. The van der Waals surface area contributed by atoms with Gasteiger partial charge in [-0.25, -0.2) is 0 Å². The van der Waals surface area contributed by atoms with Gasteiger partial charge in [-0.05, 0) is 183 Å². The fraction of sp³-hybridized carbons (Fsp3) is 0.493. The molecule has 7 unspecified atom stereocenters. The summed E-state index contributed by atoms with van der Waals surface area (Å²) in [7, 11) is 1.69. The maximum atomic E-state index is 14.2. The monoisotopic (exact) mass is 1070 g/mol. The van der Waals surface area contributed by atoms with Gasteiger partial charge in [0, 0.05) is 89.8 Å². The van der Waals surface area contributed by atoms with Gasteiger partial charge in [0.25, 0.3) is 0 Å². The number of Topliss-reactive ketones (excluding diaryl/α,β-unsaturated/α-hetero) is 3. The summed E-state index contributed by atoms with van der Waals surface area (Å²) in [5.74, 6) is 4.16. The highest BCUT2D eigenvalue weighted by Gasteiger charge is 2.42. The van der Waals surface area contributed by atoms with E-state index in [0.29, 0.717) is 48.6 Å². The van der Waals surface area contributed by atoms with Crippen LogP contribution in [0.1, 0.15) is 131 Å². The lowest BCUT2D eigenvalue weighted by Crippen LogP contribution is -2.53. The van der Waals surface area contributed by atoms with E-state index in [2.05, 4.69) is 39.8 Å². The summed E-state index contributed by atoms with van der Waals surface area (Å²) in [5.41, 5.74) is 5.09. The Morgan fingerprint density at radius 1 is 0.525 bits per heavy atom. The van der Waals surface area contributed by atoms with Gasteiger partial charge >= 0.3 is 0 Å². The molecule has 11 heteroatoms. The van der Waals surface area contributed by atoms with Crippen molar-refractivity contribution in [1.82, 2.24) is 14.7 Å². The van der Waals surface area contributed by atoms with Crippen LogP contribution in [0, 0.1) is 65.1 Å². The number of methoxy groups -OCH3 is 1. The highest BCUT2D eigenvalue weighted by atomic mass is 16.5. The number of piperidine rings is 3. The minimum atomic E-state index is -0.0797. The van der Waals surface area contributed by atoms with E-state index in [4.69, 9.17) is 14.2 Å². The summed E-state index contributed by atoms with van der Waals surface area (Å²) in [6.07, 6.45) is 14.6. The van der Waals surface area contributed by atoms with Gasteiger partial charge < -0.3 is 19.1 Å². The Labute approximate surface area is 472 Å². The van der Waals surface area contributed by atoms with Crippen LogP contribution in [0.25, 0.3) is 32.3 Å². The van der Waals surface area contributed by atoms with Crippen molar-refractivity contribution in [2.75, 3.05) is 66.1 Å². The third kappa shape index (κ3) is 11.2. The van der Waals surface area contributed by atoms with Crippen LogP contribution in [-0.2, 0) is 12.8 Å². The van der Waals surface area contributed by atoms with E-state index in [9.17, 15) is 24.9 Å². The minimum absolute atomic E-state index is 0.0365. The number of likely N-dealkylation sites (tertiary alicyclic amines) is 3. The standard InChI is InChI=1S/C69H77N5O6/c1-44-58-20-13-48(34-45(58)17-24-64(44)78-2)69(77)53-10-7-33-74(41-53)63-23-16-54(63)42-79-65-25-18-46-35-49(14-21-59(46)61(65)27-29-70)67(75)51-8-5-31-72(38-51)39-55-37-56(55)43-80-66-26-19-47-36-50(15-22-60(47)62(66)28-30-71)68(76)52-9-6-32-73(40-52)57-11-3-4-12-57/h13-15,17-22,24-26,34-36,51-57,63H,3-12,16,23,27-28,31-33,37-43H2,1-2H3. The summed E-state index contributed by atoms with van der Waals surface area (Å²) in [6.45, 7) is 9.59. The van der Waals surface area contributed by atoms with Gasteiger partial charge in [-0.3, -0.25) is 24.2 Å². The largest absolute Gasteiger partial charge is 0.496 e. The van der Waals surface area contributed by atoms with E-state index < -0.39 is 0 Å². The number of carbonyl (C=O) groups is 3. The molecular weight excluding hydrogens is 995 g/mol. The van der Waals surface area contributed by atoms with Crippen molar-refractivity contribution in [3.8, 4) is 29.4 Å². The van der Waals surface area contributed by atoms with Gasteiger partial charge in [0.2, 0.25) is 0 Å². The van der Waals surface area contributed by atoms with Crippen LogP contribution in [0.15, 0.2) is 91.0 Å². The first kappa shape index (κ1) is 54.0. The van der Waals surface area contributed by atoms with Crippen molar-refractivity contribution >= 4 is 49.7 Å². The van der Waals surface area contributed by atoms with Crippen molar-refractivity contribution in [2.24, 2.45) is 35.5 Å². The normalized spacial score (nSPS) is 24.7. The third-order valence-electron chi connectivity index (χ3n) is 19.7. The van der Waals surface area contributed by atoms with Crippen molar-refractivity contribution in [3.05, 3.63) is 124 Å². The molecule has 3 aliphatic carbocycles. The molecule has 6 fully saturated rings. The highest BCUT2D eigenvalue weighted by Crippen LogP contribution is 2.42. The van der Waals surface area contributed by atoms with Crippen LogP contribution in [0.3, 0.4) is 0 Å². The van der Waals surface area contributed by atoms with Gasteiger partial charge in [-0.1, -0.05) is 67.4 Å². The average Bonchev–Trinajstić information content (AvgIpc) is 4.01. The first-order valence-electron chi connectivity index (χ1n) is 30.2. The zero-order chi connectivity index (χ0) is 54.9. The first-order chi connectivity index (χ1) is 39.1. The van der Waals surface area contributed by atoms with E-state index in [-0.39, 0.29) is 47.9 Å². The number of ketones is 3. The van der Waals surface area contributed by atoms with Crippen LogP contribution in [-0.4, -0.2) is 110 Å². The number of carbonyl (C=O) groups excluding carboxylic acids is 3. The molecule has 3 aliphatic heterocycles. The second-order valence-electron chi connectivity index (χ2n) is 24.5. The lowest BCUT2D eigenvalue weighted by atomic mass is 9.77. The molecule has 3 saturated heterocycles. The van der Waals surface area contributed by atoms with Gasteiger partial charge in [-0.15, -0.1) is 0 Å². The van der Waals surface area contributed by atoms with Gasteiger partial charge in [0.05, 0.1) is 45.3 Å². The zero-order valence-electron chi connectivity index (χ0n) is 46.9. The lowest BCUT2D eigenvalue weighted by Gasteiger charge is -2.47. The van der Waals surface area contributed by atoms with Crippen LogP contribution in [0.4, 0.5) is 0 Å². The Bertz CT molecular complexity index is 3410. The lowest BCUT2D eigenvalue weighted by molar-refractivity contribution is 0.00882. The second kappa shape index (κ2) is 23.8. The quantitative estimate of drug-likeness (QED) is 0.0717. The smallest absolute Gasteiger partial charge is 0.167 e. The topological polar surface area (TPSA) is 136 Å². The molecule has 0 N–H and O–H groups in total. The predicted octanol–water partition coefficient (Wildman–Crippen LogP) is 12.8. The Hall–Kier alpha value is -6.63. The van der Waals surface area contributed by atoms with Crippen LogP contribution in [0.5, 0.6) is 17.2 Å². The fourth-order valence-corrected chi connectivity index (χ4v) is 14.9. The molecule has 6 aromatic carbocycles. The fourth-order valence-electron chi connectivity index (χ4n) is 14.9. The Morgan fingerprint density at radius 2 is 1.02 bits per heavy atom. The van der Waals surface area contributed by atoms with Crippen LogP contribution in [0.2, 0.25) is 0 Å². The van der Waals surface area contributed by atoms with E-state index >= 15 is 0 Å². The minimum Gasteiger partial charge on any atom is -0.496 e. The van der Waals surface area contributed by atoms with Crippen LogP contribution >= 0.6 is 0 Å². The summed E-state index contributed by atoms with van der Waals surface area (Å²) < 4.78 is 18.7. The summed E-state index contributed by atoms with van der Waals surface area (Å²) in [6, 6.07) is 35.9. The molecule has 80 heavy (non-hydrogen) atoms. The molecule has 11 nitrogen and oxygen atoms in total. The highest BCUT2D eigenvalue weighted by molar-refractivity contribution is 6.04. The maximum Gasteiger partial charge on any atom is 0.167 e. The zero-order valence-corrected chi connectivity index (χ0v) is 46.9. The van der Waals surface area contributed by atoms with E-state index in [1.807, 2.05) is 84.9 Å². The Balaban J connectivity index is 0.628. The molecule has 3 saturated carbocycles. The summed E-state index contributed by atoms with van der Waals surface area (Å²) >= 11 is 0. The molecule has 6 aromatic rings. The summed E-state index contributed by atoms with van der Waals surface area (Å²) in [4.78, 5) is 49.6. The Morgan fingerprint density at radius 3 is 1.57 bits per heavy atom. The number of ether oxygens (including phenoxy) is 3. The van der Waals surface area contributed by atoms with E-state index in [0.717, 1.165) is 181 Å². The molecule has 0 amide bonds. The molecule has 6 aliphatic rings. The number of nitrogens with zero attached hydrogens (tertiary/aromatic N) is 5. The molecule has 0 spiro atoms. The van der Waals surface area contributed by atoms with Crippen molar-refractivity contribution < 1.29 is 28.6 Å². The molecular formula is C69H77N5O6. The van der Waals surface area contributed by atoms with E-state index in [1.54, 1.807) is 7.11 Å². The SMILES string of the molecule is COc1ccc2cc(C(=O)C3CCCN(C4CCC4COc4ccc5cc(C(=O)C6CCCN(CC7CC7COc7ccc8cc(C(=O)C9CCCN(C%10CCCC%10)C9)ccc8c7CC#N)C6)ccc5c4CC#N)C3)ccc2c1C. The second-order valence-corrected chi connectivity index (χ2v) is 24.5. The maximum absolute atomic E-state index is 14.2. The van der Waals surface area contributed by atoms with E-state index in [1.165, 1.54) is 25.7 Å². The predicted molar refractivity (Wildman–Crippen MR) is 314 cm³/mol. The van der Waals surface area contributed by atoms with Crippen molar-refractivity contribution in [1.29, 1.82) is 10.5 Å². The van der Waals surface area contributed by atoms with Gasteiger partial charge in [0.1, 0.15) is 17.2 Å². The molecule has 0 aromatic heterocycles. The van der Waals surface area contributed by atoms with Crippen LogP contribution < -0.4 is 14.2 Å². The van der Waals surface area contributed by atoms with Crippen molar-refractivity contribution in [2.45, 2.75) is 115 Å². The number of hydrogen-bond acceptors (Lipinski definition) is 11. The molecule has 7 atom stereocenters. The van der Waals surface area contributed by atoms with Gasteiger partial charge in [-0.2, -0.15) is 10.5 Å². The average molecular weight is 1070 g/mol. The third-order valence-corrected chi connectivity index (χ3v) is 19.7.